The zero-order chi connectivity index (χ0) is 13.9. The van der Waals surface area contributed by atoms with Gasteiger partial charge in [0.25, 0.3) is 0 Å². The smallest absolute Gasteiger partial charge is 0.153 e. The highest BCUT2D eigenvalue weighted by Gasteiger charge is 2.06. The van der Waals surface area contributed by atoms with E-state index < -0.39 is 0 Å². The fourth-order valence-electron chi connectivity index (χ4n) is 1.99. The number of hydrogen-bond donors (Lipinski definition) is 0. The van der Waals surface area contributed by atoms with E-state index in [0.29, 0.717) is 5.88 Å². The number of fused-ring (bicyclic) bond motifs is 1. The molecule has 0 N–H and O–H groups in total. The minimum Gasteiger partial charge on any atom is -0.455 e. The molecule has 3 aromatic rings. The van der Waals surface area contributed by atoms with Gasteiger partial charge in [-0.1, -0.05) is 40.2 Å². The molecule has 4 heteroatoms. The van der Waals surface area contributed by atoms with E-state index in [1.54, 1.807) is 6.20 Å². The third-order valence-electron chi connectivity index (χ3n) is 2.99. The standard InChI is InChI=1S/C16H11BrClNO/c17-14-9-13(7-6-12(14)10-18)20-15-5-1-3-11-4-2-8-19-16(11)15/h1-9H,10H2. The first-order chi connectivity index (χ1) is 9.78. The molecule has 0 aliphatic rings. The highest BCUT2D eigenvalue weighted by Crippen LogP contribution is 2.31. The van der Waals surface area contributed by atoms with E-state index in [0.717, 1.165) is 32.4 Å². The minimum absolute atomic E-state index is 0.469. The second-order valence-corrected chi connectivity index (χ2v) is 5.44. The van der Waals surface area contributed by atoms with Crippen LogP contribution in [0, 0.1) is 0 Å². The summed E-state index contributed by atoms with van der Waals surface area (Å²) in [6, 6.07) is 15.6. The van der Waals surface area contributed by atoms with Gasteiger partial charge in [-0.25, -0.2) is 0 Å². The van der Waals surface area contributed by atoms with Crippen LogP contribution in [-0.4, -0.2) is 4.98 Å². The van der Waals surface area contributed by atoms with Gasteiger partial charge in [0, 0.05) is 21.9 Å². The van der Waals surface area contributed by atoms with Crippen LogP contribution >= 0.6 is 27.5 Å². The summed E-state index contributed by atoms with van der Waals surface area (Å²) >= 11 is 9.33. The van der Waals surface area contributed by atoms with Crippen molar-refractivity contribution in [3.63, 3.8) is 0 Å². The highest BCUT2D eigenvalue weighted by atomic mass is 79.9. The van der Waals surface area contributed by atoms with Gasteiger partial charge in [0.1, 0.15) is 11.3 Å². The maximum atomic E-state index is 5.94. The molecule has 0 saturated carbocycles. The molecule has 2 aromatic carbocycles. The molecule has 20 heavy (non-hydrogen) atoms. The molecule has 0 bridgehead atoms. The van der Waals surface area contributed by atoms with Crippen molar-refractivity contribution in [2.75, 3.05) is 0 Å². The number of hydrogen-bond acceptors (Lipinski definition) is 2. The van der Waals surface area contributed by atoms with Crippen molar-refractivity contribution in [2.45, 2.75) is 5.88 Å². The van der Waals surface area contributed by atoms with Crippen molar-refractivity contribution in [3.8, 4) is 11.5 Å². The Balaban J connectivity index is 1.99. The Morgan fingerprint density at radius 1 is 1.10 bits per heavy atom. The third kappa shape index (κ3) is 2.65. The second-order valence-electron chi connectivity index (χ2n) is 4.32. The number of ether oxygens (including phenoxy) is 1. The van der Waals surface area contributed by atoms with Gasteiger partial charge in [-0.3, -0.25) is 4.98 Å². The van der Waals surface area contributed by atoms with Crippen LogP contribution in [0.3, 0.4) is 0 Å². The van der Waals surface area contributed by atoms with Crippen LogP contribution in [0.25, 0.3) is 10.9 Å². The van der Waals surface area contributed by atoms with E-state index in [9.17, 15) is 0 Å². The van der Waals surface area contributed by atoms with E-state index in [-0.39, 0.29) is 0 Å². The normalized spacial score (nSPS) is 10.7. The topological polar surface area (TPSA) is 22.1 Å². The Labute approximate surface area is 130 Å². The summed E-state index contributed by atoms with van der Waals surface area (Å²) < 4.78 is 6.88. The summed E-state index contributed by atoms with van der Waals surface area (Å²) in [4.78, 5) is 4.38. The SMILES string of the molecule is ClCc1ccc(Oc2cccc3cccnc23)cc1Br. The number of rotatable bonds is 3. The number of halogens is 2. The van der Waals surface area contributed by atoms with Gasteiger partial charge in [0.15, 0.2) is 5.75 Å². The van der Waals surface area contributed by atoms with E-state index in [2.05, 4.69) is 20.9 Å². The number of benzene rings is 2. The van der Waals surface area contributed by atoms with Gasteiger partial charge >= 0.3 is 0 Å². The molecule has 100 valence electrons. The molecule has 1 heterocycles. The fourth-order valence-corrected chi connectivity index (χ4v) is 2.88. The van der Waals surface area contributed by atoms with Crippen molar-refractivity contribution in [1.29, 1.82) is 0 Å². The van der Waals surface area contributed by atoms with Crippen LogP contribution < -0.4 is 4.74 Å². The van der Waals surface area contributed by atoms with Crippen LogP contribution in [0.15, 0.2) is 59.2 Å². The lowest BCUT2D eigenvalue weighted by molar-refractivity contribution is 0.486. The predicted molar refractivity (Wildman–Crippen MR) is 85.5 cm³/mol. The molecule has 0 amide bonds. The Morgan fingerprint density at radius 2 is 1.95 bits per heavy atom. The molecule has 3 rings (SSSR count). The van der Waals surface area contributed by atoms with E-state index in [4.69, 9.17) is 16.3 Å². The molecule has 0 unspecified atom stereocenters. The Kier molecular flexibility index (Phi) is 3.90. The third-order valence-corrected chi connectivity index (χ3v) is 4.02. The number of alkyl halides is 1. The summed E-state index contributed by atoms with van der Waals surface area (Å²) in [6.45, 7) is 0. The Hall–Kier alpha value is -1.58. The first-order valence-electron chi connectivity index (χ1n) is 6.14. The van der Waals surface area contributed by atoms with Gasteiger partial charge in [0.05, 0.1) is 0 Å². The average molecular weight is 349 g/mol. The van der Waals surface area contributed by atoms with Gasteiger partial charge in [-0.15, -0.1) is 11.6 Å². The van der Waals surface area contributed by atoms with Gasteiger partial charge in [-0.05, 0) is 29.8 Å². The van der Waals surface area contributed by atoms with Crippen molar-refractivity contribution in [2.24, 2.45) is 0 Å². The average Bonchev–Trinajstić information content (AvgIpc) is 2.48. The van der Waals surface area contributed by atoms with Gasteiger partial charge in [-0.2, -0.15) is 0 Å². The lowest BCUT2D eigenvalue weighted by Crippen LogP contribution is -1.89. The Morgan fingerprint density at radius 3 is 2.75 bits per heavy atom. The molecule has 0 aliphatic carbocycles. The molecule has 0 radical (unpaired) electrons. The lowest BCUT2D eigenvalue weighted by atomic mass is 10.2. The quantitative estimate of drug-likeness (QED) is 0.581. The highest BCUT2D eigenvalue weighted by molar-refractivity contribution is 9.10. The number of nitrogens with zero attached hydrogens (tertiary/aromatic N) is 1. The first-order valence-corrected chi connectivity index (χ1v) is 7.46. The predicted octanol–water partition coefficient (Wildman–Crippen LogP) is 5.53. The first kappa shape index (κ1) is 13.4. The van der Waals surface area contributed by atoms with Crippen molar-refractivity contribution < 1.29 is 4.74 Å². The van der Waals surface area contributed by atoms with Gasteiger partial charge in [0.2, 0.25) is 0 Å². The Bertz CT molecular complexity index is 755. The van der Waals surface area contributed by atoms with E-state index >= 15 is 0 Å². The summed E-state index contributed by atoms with van der Waals surface area (Å²) in [5.41, 5.74) is 1.89. The fraction of sp³-hybridized carbons (Fsp3) is 0.0625. The minimum atomic E-state index is 0.469. The largest absolute Gasteiger partial charge is 0.455 e. The van der Waals surface area contributed by atoms with Crippen molar-refractivity contribution >= 4 is 38.4 Å². The second kappa shape index (κ2) is 5.81. The van der Waals surface area contributed by atoms with Crippen LogP contribution in [0.4, 0.5) is 0 Å². The molecular weight excluding hydrogens is 338 g/mol. The molecule has 2 nitrogen and oxygen atoms in total. The summed E-state index contributed by atoms with van der Waals surface area (Å²) in [5, 5.41) is 1.06. The zero-order valence-corrected chi connectivity index (χ0v) is 12.9. The van der Waals surface area contributed by atoms with Crippen LogP contribution in [0.5, 0.6) is 11.5 Å². The number of para-hydroxylation sites is 1. The van der Waals surface area contributed by atoms with Crippen LogP contribution in [0.2, 0.25) is 0 Å². The maximum absolute atomic E-state index is 5.94. The molecule has 0 saturated heterocycles. The molecule has 0 atom stereocenters. The number of aromatic nitrogens is 1. The molecular formula is C16H11BrClNO. The van der Waals surface area contributed by atoms with E-state index in [1.165, 1.54) is 0 Å². The molecule has 1 aromatic heterocycles. The molecule has 0 aliphatic heterocycles. The van der Waals surface area contributed by atoms with Crippen LogP contribution in [0.1, 0.15) is 5.56 Å². The molecule has 0 spiro atoms. The van der Waals surface area contributed by atoms with Crippen molar-refractivity contribution in [1.82, 2.24) is 4.98 Å². The lowest BCUT2D eigenvalue weighted by Gasteiger charge is -2.09. The monoisotopic (exact) mass is 347 g/mol. The maximum Gasteiger partial charge on any atom is 0.153 e. The summed E-state index contributed by atoms with van der Waals surface area (Å²) in [7, 11) is 0. The molecule has 0 fully saturated rings. The summed E-state index contributed by atoms with van der Waals surface area (Å²) in [6.07, 6.45) is 1.77. The van der Waals surface area contributed by atoms with Crippen molar-refractivity contribution in [3.05, 3.63) is 64.8 Å². The zero-order valence-electron chi connectivity index (χ0n) is 10.5. The summed E-state index contributed by atoms with van der Waals surface area (Å²) in [5.74, 6) is 1.97. The number of pyridine rings is 1. The van der Waals surface area contributed by atoms with Gasteiger partial charge < -0.3 is 4.74 Å². The van der Waals surface area contributed by atoms with E-state index in [1.807, 2.05) is 48.5 Å². The van der Waals surface area contributed by atoms with Crippen LogP contribution in [-0.2, 0) is 5.88 Å².